The van der Waals surface area contributed by atoms with Gasteiger partial charge in [-0.15, -0.1) is 0 Å². The van der Waals surface area contributed by atoms with Crippen molar-refractivity contribution in [2.75, 3.05) is 5.32 Å². The third kappa shape index (κ3) is 3.20. The minimum Gasteiger partial charge on any atom is -0.378 e. The first-order valence-corrected chi connectivity index (χ1v) is 7.34. The zero-order valence-corrected chi connectivity index (χ0v) is 13.5. The van der Waals surface area contributed by atoms with Gasteiger partial charge in [-0.1, -0.05) is 28.1 Å². The molecule has 0 saturated heterocycles. The molecule has 0 heterocycles. The lowest BCUT2D eigenvalue weighted by Gasteiger charge is -2.20. The van der Waals surface area contributed by atoms with Crippen molar-refractivity contribution < 1.29 is 0 Å². The standard InChI is InChI=1S/C17H17BrN2/c1-11-7-16(18)8-12(2)17(11)20-13(3)15-6-4-5-14(9-15)10-19/h4-9,13,20H,1-3H3. The smallest absolute Gasteiger partial charge is 0.0991 e. The van der Waals surface area contributed by atoms with Gasteiger partial charge in [0.1, 0.15) is 0 Å². The maximum Gasteiger partial charge on any atom is 0.0991 e. The zero-order valence-electron chi connectivity index (χ0n) is 11.9. The monoisotopic (exact) mass is 328 g/mol. The first-order valence-electron chi connectivity index (χ1n) is 6.54. The van der Waals surface area contributed by atoms with E-state index in [2.05, 4.69) is 60.2 Å². The van der Waals surface area contributed by atoms with Gasteiger partial charge in [-0.3, -0.25) is 0 Å². The first kappa shape index (κ1) is 14.6. The molecule has 1 atom stereocenters. The van der Waals surface area contributed by atoms with E-state index in [-0.39, 0.29) is 6.04 Å². The third-order valence-electron chi connectivity index (χ3n) is 3.37. The van der Waals surface area contributed by atoms with Crippen LogP contribution in [0.2, 0.25) is 0 Å². The molecule has 0 spiro atoms. The van der Waals surface area contributed by atoms with E-state index in [1.54, 1.807) is 0 Å². The number of halogens is 1. The lowest BCUT2D eigenvalue weighted by molar-refractivity contribution is 0.879. The van der Waals surface area contributed by atoms with Crippen LogP contribution in [0.4, 0.5) is 5.69 Å². The minimum atomic E-state index is 0.155. The van der Waals surface area contributed by atoms with Crippen molar-refractivity contribution >= 4 is 21.6 Å². The first-order chi connectivity index (χ1) is 9.51. The molecule has 102 valence electrons. The Bertz CT molecular complexity index is 648. The van der Waals surface area contributed by atoms with Crippen LogP contribution in [-0.2, 0) is 0 Å². The van der Waals surface area contributed by atoms with E-state index < -0.39 is 0 Å². The van der Waals surface area contributed by atoms with Crippen molar-refractivity contribution in [2.45, 2.75) is 26.8 Å². The van der Waals surface area contributed by atoms with Crippen LogP contribution in [0.5, 0.6) is 0 Å². The van der Waals surface area contributed by atoms with Crippen LogP contribution < -0.4 is 5.32 Å². The Kier molecular flexibility index (Phi) is 4.46. The molecule has 0 aromatic heterocycles. The number of hydrogen-bond donors (Lipinski definition) is 1. The second kappa shape index (κ2) is 6.11. The molecule has 0 amide bonds. The SMILES string of the molecule is Cc1cc(Br)cc(C)c1NC(C)c1cccc(C#N)c1. The molecule has 1 unspecified atom stereocenters. The second-order valence-electron chi connectivity index (χ2n) is 5.02. The molecule has 3 heteroatoms. The second-order valence-corrected chi connectivity index (χ2v) is 5.93. The zero-order chi connectivity index (χ0) is 14.7. The number of nitriles is 1. The summed E-state index contributed by atoms with van der Waals surface area (Å²) in [5.41, 5.74) is 5.38. The number of nitrogens with zero attached hydrogens (tertiary/aromatic N) is 1. The average molecular weight is 329 g/mol. The summed E-state index contributed by atoms with van der Waals surface area (Å²) in [6, 6.07) is 14.3. The fraction of sp³-hybridized carbons (Fsp3) is 0.235. The van der Waals surface area contributed by atoms with Gasteiger partial charge < -0.3 is 5.32 Å². The van der Waals surface area contributed by atoms with Gasteiger partial charge in [0.2, 0.25) is 0 Å². The number of aryl methyl sites for hydroxylation is 2. The van der Waals surface area contributed by atoms with E-state index in [0.717, 1.165) is 15.7 Å². The van der Waals surface area contributed by atoms with Crippen LogP contribution in [-0.4, -0.2) is 0 Å². The molecule has 20 heavy (non-hydrogen) atoms. The topological polar surface area (TPSA) is 35.8 Å². The van der Waals surface area contributed by atoms with Crippen LogP contribution in [0.25, 0.3) is 0 Å². The van der Waals surface area contributed by atoms with Crippen LogP contribution in [0, 0.1) is 25.2 Å². The van der Waals surface area contributed by atoms with E-state index >= 15 is 0 Å². The lowest BCUT2D eigenvalue weighted by atomic mass is 10.0. The fourth-order valence-corrected chi connectivity index (χ4v) is 3.00. The third-order valence-corrected chi connectivity index (χ3v) is 3.83. The highest BCUT2D eigenvalue weighted by Gasteiger charge is 2.10. The predicted octanol–water partition coefficient (Wildman–Crippen LogP) is 5.11. The van der Waals surface area contributed by atoms with Gasteiger partial charge in [-0.2, -0.15) is 5.26 Å². The maximum absolute atomic E-state index is 8.98. The van der Waals surface area contributed by atoms with Gasteiger partial charge in [-0.25, -0.2) is 0 Å². The maximum atomic E-state index is 8.98. The molecule has 0 aliphatic carbocycles. The van der Waals surface area contributed by atoms with Crippen LogP contribution in [0.1, 0.15) is 35.2 Å². The highest BCUT2D eigenvalue weighted by atomic mass is 79.9. The molecule has 2 aromatic carbocycles. The molecule has 0 aliphatic rings. The fourth-order valence-electron chi connectivity index (χ4n) is 2.32. The Balaban J connectivity index is 2.28. The lowest BCUT2D eigenvalue weighted by Crippen LogP contribution is -2.09. The summed E-state index contributed by atoms with van der Waals surface area (Å²) in [5, 5.41) is 12.5. The number of anilines is 1. The van der Waals surface area contributed by atoms with Crippen molar-refractivity contribution in [3.8, 4) is 6.07 Å². The highest BCUT2D eigenvalue weighted by molar-refractivity contribution is 9.10. The summed E-state index contributed by atoms with van der Waals surface area (Å²) in [5.74, 6) is 0. The number of rotatable bonds is 3. The number of hydrogen-bond acceptors (Lipinski definition) is 2. The largest absolute Gasteiger partial charge is 0.378 e. The van der Waals surface area contributed by atoms with Gasteiger partial charge in [0, 0.05) is 16.2 Å². The van der Waals surface area contributed by atoms with Gasteiger partial charge >= 0.3 is 0 Å². The van der Waals surface area contributed by atoms with Gasteiger partial charge in [-0.05, 0) is 61.7 Å². The summed E-state index contributed by atoms with van der Waals surface area (Å²) in [4.78, 5) is 0. The Hall–Kier alpha value is -1.79. The molecule has 1 N–H and O–H groups in total. The van der Waals surface area contributed by atoms with E-state index in [0.29, 0.717) is 5.56 Å². The molecule has 2 aromatic rings. The summed E-state index contributed by atoms with van der Waals surface area (Å²) in [6.45, 7) is 6.30. The van der Waals surface area contributed by atoms with Gasteiger partial charge in [0.25, 0.3) is 0 Å². The molecule has 0 fully saturated rings. The van der Waals surface area contributed by atoms with E-state index in [1.807, 2.05) is 24.3 Å². The average Bonchev–Trinajstić information content (AvgIpc) is 2.42. The molecule has 2 rings (SSSR count). The van der Waals surface area contributed by atoms with E-state index in [4.69, 9.17) is 5.26 Å². The van der Waals surface area contributed by atoms with Crippen molar-refractivity contribution in [2.24, 2.45) is 0 Å². The summed E-state index contributed by atoms with van der Waals surface area (Å²) in [7, 11) is 0. The van der Waals surface area contributed by atoms with Gasteiger partial charge in [0.15, 0.2) is 0 Å². The Morgan fingerprint density at radius 3 is 2.40 bits per heavy atom. The number of benzene rings is 2. The molecule has 0 radical (unpaired) electrons. The molecule has 0 bridgehead atoms. The highest BCUT2D eigenvalue weighted by Crippen LogP contribution is 2.28. The summed E-state index contributed by atoms with van der Waals surface area (Å²) in [6.07, 6.45) is 0. The summed E-state index contributed by atoms with van der Waals surface area (Å²) >= 11 is 3.51. The number of nitrogens with one attached hydrogen (secondary N) is 1. The van der Waals surface area contributed by atoms with Crippen LogP contribution >= 0.6 is 15.9 Å². The summed E-state index contributed by atoms with van der Waals surface area (Å²) < 4.78 is 1.09. The van der Waals surface area contributed by atoms with Crippen molar-refractivity contribution in [1.82, 2.24) is 0 Å². The van der Waals surface area contributed by atoms with Crippen LogP contribution in [0.3, 0.4) is 0 Å². The van der Waals surface area contributed by atoms with Crippen LogP contribution in [0.15, 0.2) is 40.9 Å². The predicted molar refractivity (Wildman–Crippen MR) is 86.8 cm³/mol. The van der Waals surface area contributed by atoms with Crippen molar-refractivity contribution in [1.29, 1.82) is 5.26 Å². The molecule has 2 nitrogen and oxygen atoms in total. The molecule has 0 saturated carbocycles. The Labute approximate surface area is 128 Å². The quantitative estimate of drug-likeness (QED) is 0.849. The van der Waals surface area contributed by atoms with E-state index in [9.17, 15) is 0 Å². The molecule has 0 aliphatic heterocycles. The minimum absolute atomic E-state index is 0.155. The van der Waals surface area contributed by atoms with E-state index in [1.165, 1.54) is 11.1 Å². The molecular formula is C17H17BrN2. The van der Waals surface area contributed by atoms with Crippen molar-refractivity contribution in [3.05, 3.63) is 63.1 Å². The Morgan fingerprint density at radius 2 is 1.80 bits per heavy atom. The van der Waals surface area contributed by atoms with Gasteiger partial charge in [0.05, 0.1) is 11.6 Å². The van der Waals surface area contributed by atoms with Crippen molar-refractivity contribution in [3.63, 3.8) is 0 Å². The molecular weight excluding hydrogens is 312 g/mol. The normalized spacial score (nSPS) is 11.8. The Morgan fingerprint density at radius 1 is 1.15 bits per heavy atom.